The third-order valence-corrected chi connectivity index (χ3v) is 6.71. The van der Waals surface area contributed by atoms with Gasteiger partial charge in [0.15, 0.2) is 6.61 Å². The second-order valence-electron chi connectivity index (χ2n) is 9.61. The summed E-state index contributed by atoms with van der Waals surface area (Å²) in [5, 5.41) is 9.60. The Morgan fingerprint density at radius 3 is 1.66 bits per heavy atom. The van der Waals surface area contributed by atoms with Gasteiger partial charge in [0.05, 0.1) is 0 Å². The summed E-state index contributed by atoms with van der Waals surface area (Å²) in [6, 6.07) is 29.0. The third-order valence-electron chi connectivity index (χ3n) is 6.25. The van der Waals surface area contributed by atoms with E-state index in [1.54, 1.807) is 48.6 Å². The minimum absolute atomic E-state index is 0.152. The maximum atomic E-state index is 11.8. The zero-order chi connectivity index (χ0) is 34.3. The number of hydrogen-bond acceptors (Lipinski definition) is 8. The summed E-state index contributed by atoms with van der Waals surface area (Å²) >= 11 is 3.01. The number of allylic oxidation sites excluding steroid dienone is 2. The Morgan fingerprint density at radius 2 is 1.15 bits per heavy atom. The fourth-order valence-electron chi connectivity index (χ4n) is 3.95. The van der Waals surface area contributed by atoms with E-state index in [1.807, 2.05) is 60.7 Å². The molecule has 0 aliphatic rings. The Balaban J connectivity index is 0.000000270. The summed E-state index contributed by atoms with van der Waals surface area (Å²) in [7, 11) is 0. The lowest BCUT2D eigenvalue weighted by molar-refractivity contribution is -0.147. The molecule has 4 aromatic carbocycles. The number of carbonyl (C=O) groups is 4. The van der Waals surface area contributed by atoms with Gasteiger partial charge in [-0.2, -0.15) is 0 Å². The van der Waals surface area contributed by atoms with Gasteiger partial charge in [0, 0.05) is 22.3 Å². The SMILES string of the molecule is C=CCc1c(C=O)cccc1OCC(=O)OCc1ccccc1.C=CCc1c(O)cccc1C=O.O=C(CBr)OCc1ccccc1. The quantitative estimate of drug-likeness (QED) is 0.0626. The first kappa shape index (κ1) is 37.9. The Morgan fingerprint density at radius 1 is 0.660 bits per heavy atom. The van der Waals surface area contributed by atoms with Crippen molar-refractivity contribution in [1.29, 1.82) is 0 Å². The van der Waals surface area contributed by atoms with Gasteiger partial charge in [0.25, 0.3) is 0 Å². The zero-order valence-electron chi connectivity index (χ0n) is 25.9. The molecule has 0 unspecified atom stereocenters. The van der Waals surface area contributed by atoms with Gasteiger partial charge in [-0.3, -0.25) is 14.4 Å². The molecule has 0 aliphatic heterocycles. The van der Waals surface area contributed by atoms with Gasteiger partial charge in [-0.15, -0.1) is 13.2 Å². The molecule has 0 saturated heterocycles. The normalized spacial score (nSPS) is 9.64. The number of ether oxygens (including phenoxy) is 3. The van der Waals surface area contributed by atoms with Crippen LogP contribution in [0.1, 0.15) is 43.0 Å². The number of halogens is 1. The minimum atomic E-state index is -0.463. The maximum Gasteiger partial charge on any atom is 0.344 e. The monoisotopic (exact) mass is 700 g/mol. The first-order valence-corrected chi connectivity index (χ1v) is 15.6. The number of esters is 2. The topological polar surface area (TPSA) is 116 Å². The number of aromatic hydroxyl groups is 1. The van der Waals surface area contributed by atoms with Crippen LogP contribution in [-0.4, -0.2) is 41.6 Å². The molecule has 4 aromatic rings. The van der Waals surface area contributed by atoms with Gasteiger partial charge in [0.2, 0.25) is 0 Å². The van der Waals surface area contributed by atoms with E-state index in [-0.39, 0.29) is 30.3 Å². The van der Waals surface area contributed by atoms with Crippen molar-refractivity contribution in [3.8, 4) is 11.5 Å². The number of phenols is 1. The van der Waals surface area contributed by atoms with Crippen LogP contribution in [0.25, 0.3) is 0 Å². The number of aldehydes is 2. The number of alkyl halides is 1. The van der Waals surface area contributed by atoms with Crippen LogP contribution in [0.4, 0.5) is 0 Å². The van der Waals surface area contributed by atoms with Crippen LogP contribution in [0.15, 0.2) is 122 Å². The molecule has 0 fully saturated rings. The largest absolute Gasteiger partial charge is 0.508 e. The average Bonchev–Trinajstić information content (AvgIpc) is 3.11. The number of carbonyl (C=O) groups excluding carboxylic acids is 4. The molecular weight excluding hydrogens is 664 g/mol. The maximum absolute atomic E-state index is 11.8. The van der Waals surface area contributed by atoms with Gasteiger partial charge in [0.1, 0.15) is 42.6 Å². The molecule has 4 rings (SSSR count). The fourth-order valence-corrected chi connectivity index (χ4v) is 4.12. The third kappa shape index (κ3) is 14.1. The second kappa shape index (κ2) is 22.3. The molecule has 0 amide bonds. The van der Waals surface area contributed by atoms with Crippen LogP contribution in [-0.2, 0) is 45.1 Å². The molecule has 0 heterocycles. The highest BCUT2D eigenvalue weighted by atomic mass is 79.9. The van der Waals surface area contributed by atoms with E-state index >= 15 is 0 Å². The number of phenolic OH excluding ortho intramolecular Hbond substituents is 1. The Labute approximate surface area is 283 Å². The van der Waals surface area contributed by atoms with Gasteiger partial charge >= 0.3 is 11.9 Å². The van der Waals surface area contributed by atoms with Crippen molar-refractivity contribution in [1.82, 2.24) is 0 Å². The van der Waals surface area contributed by atoms with Crippen LogP contribution in [0.2, 0.25) is 0 Å². The van der Waals surface area contributed by atoms with E-state index in [0.29, 0.717) is 47.5 Å². The van der Waals surface area contributed by atoms with Crippen molar-refractivity contribution in [2.24, 2.45) is 0 Å². The molecule has 0 saturated carbocycles. The smallest absolute Gasteiger partial charge is 0.344 e. The van der Waals surface area contributed by atoms with Crippen LogP contribution in [0.5, 0.6) is 11.5 Å². The summed E-state index contributed by atoms with van der Waals surface area (Å²) in [5.41, 5.74) is 4.33. The molecule has 9 heteroatoms. The molecule has 47 heavy (non-hydrogen) atoms. The second-order valence-corrected chi connectivity index (χ2v) is 10.2. The van der Waals surface area contributed by atoms with Crippen molar-refractivity contribution < 1.29 is 38.5 Å². The average molecular weight is 702 g/mol. The highest BCUT2D eigenvalue weighted by Crippen LogP contribution is 2.23. The van der Waals surface area contributed by atoms with Crippen LogP contribution in [0.3, 0.4) is 0 Å². The Bertz CT molecular complexity index is 1590. The molecule has 1 N–H and O–H groups in total. The highest BCUT2D eigenvalue weighted by molar-refractivity contribution is 9.09. The Hall–Kier alpha value is -5.28. The van der Waals surface area contributed by atoms with Crippen molar-refractivity contribution in [3.05, 3.63) is 156 Å². The minimum Gasteiger partial charge on any atom is -0.508 e. The molecule has 0 bridgehead atoms. The highest BCUT2D eigenvalue weighted by Gasteiger charge is 2.11. The van der Waals surface area contributed by atoms with E-state index in [4.69, 9.17) is 14.2 Å². The van der Waals surface area contributed by atoms with Gasteiger partial charge in [-0.1, -0.05) is 113 Å². The van der Waals surface area contributed by atoms with Crippen LogP contribution >= 0.6 is 15.9 Å². The van der Waals surface area contributed by atoms with Crippen molar-refractivity contribution in [2.75, 3.05) is 11.9 Å². The lowest BCUT2D eigenvalue weighted by atomic mass is 10.0. The molecular formula is C38H37BrO8. The first-order chi connectivity index (χ1) is 22.9. The lowest BCUT2D eigenvalue weighted by Crippen LogP contribution is -2.15. The zero-order valence-corrected chi connectivity index (χ0v) is 27.5. The molecule has 0 aliphatic carbocycles. The predicted molar refractivity (Wildman–Crippen MR) is 185 cm³/mol. The van der Waals surface area contributed by atoms with E-state index < -0.39 is 5.97 Å². The lowest BCUT2D eigenvalue weighted by Gasteiger charge is -2.12. The van der Waals surface area contributed by atoms with Crippen LogP contribution in [0, 0.1) is 0 Å². The molecule has 244 valence electrons. The summed E-state index contributed by atoms with van der Waals surface area (Å²) < 4.78 is 15.5. The van der Waals surface area contributed by atoms with Gasteiger partial charge < -0.3 is 19.3 Å². The standard InChI is InChI=1S/C19H18O4.C10H10O2.C9H9BrO2/c1-2-7-17-16(12-20)10-6-11-18(17)22-14-19(21)23-13-15-8-4-3-5-9-15;1-2-4-9-8(7-11)5-3-6-10(9)12;10-6-9(11)12-7-8-4-2-1-3-5-8/h2-6,8-12H,1,7,13-14H2;2-3,5-7,12H,1,4H2;1-5H,6-7H2. The predicted octanol–water partition coefficient (Wildman–Crippen LogP) is 7.41. The van der Waals surface area contributed by atoms with Crippen LogP contribution < -0.4 is 4.74 Å². The molecule has 8 nitrogen and oxygen atoms in total. The van der Waals surface area contributed by atoms with Crippen molar-refractivity contribution in [3.63, 3.8) is 0 Å². The summed E-state index contributed by atoms with van der Waals surface area (Å²) in [6.07, 6.45) is 5.84. The number of rotatable bonds is 14. The summed E-state index contributed by atoms with van der Waals surface area (Å²) in [6.45, 7) is 7.56. The summed E-state index contributed by atoms with van der Waals surface area (Å²) in [5.74, 6) is -0.0561. The number of hydrogen-bond donors (Lipinski definition) is 1. The molecule has 0 atom stereocenters. The van der Waals surface area contributed by atoms with E-state index in [2.05, 4.69) is 29.1 Å². The van der Waals surface area contributed by atoms with Crippen molar-refractivity contribution in [2.45, 2.75) is 26.1 Å². The summed E-state index contributed by atoms with van der Waals surface area (Å²) in [4.78, 5) is 44.1. The fraction of sp³-hybridized carbons (Fsp3) is 0.158. The molecule has 0 radical (unpaired) electrons. The van der Waals surface area contributed by atoms with Gasteiger partial charge in [-0.25, -0.2) is 4.79 Å². The van der Waals surface area contributed by atoms with Gasteiger partial charge in [-0.05, 0) is 36.1 Å². The van der Waals surface area contributed by atoms with E-state index in [9.17, 15) is 24.3 Å². The van der Waals surface area contributed by atoms with E-state index in [0.717, 1.165) is 23.7 Å². The van der Waals surface area contributed by atoms with E-state index in [1.165, 1.54) is 0 Å². The molecule has 0 spiro atoms. The Kier molecular flexibility index (Phi) is 18.0. The first-order valence-electron chi connectivity index (χ1n) is 14.5. The number of benzene rings is 4. The molecule has 0 aromatic heterocycles. The van der Waals surface area contributed by atoms with Crippen molar-refractivity contribution >= 4 is 40.4 Å².